The molecular formula is C8H8ClNO2. The first-order valence-corrected chi connectivity index (χ1v) is 4.28. The van der Waals surface area contributed by atoms with E-state index in [1.54, 1.807) is 6.08 Å². The topological polar surface area (TPSA) is 46.2 Å². The van der Waals surface area contributed by atoms with Crippen LogP contribution in [0.1, 0.15) is 19.3 Å². The van der Waals surface area contributed by atoms with E-state index < -0.39 is 4.87 Å². The quantitative estimate of drug-likeness (QED) is 0.447. The van der Waals surface area contributed by atoms with Crippen LogP contribution < -0.4 is 5.32 Å². The third kappa shape index (κ3) is 0.829. The number of fused-ring (bicyclic) bond motifs is 1. The molecule has 0 saturated carbocycles. The smallest absolute Gasteiger partial charge is 0.255 e. The summed E-state index contributed by atoms with van der Waals surface area (Å²) in [5.74, 6) is -0.685. The van der Waals surface area contributed by atoms with Gasteiger partial charge in [0.1, 0.15) is 0 Å². The van der Waals surface area contributed by atoms with Crippen LogP contribution in [0.2, 0.25) is 0 Å². The van der Waals surface area contributed by atoms with Crippen LogP contribution in [0.3, 0.4) is 0 Å². The van der Waals surface area contributed by atoms with E-state index in [1.165, 1.54) is 0 Å². The summed E-state index contributed by atoms with van der Waals surface area (Å²) in [6.07, 6.45) is 4.03. The monoisotopic (exact) mass is 185 g/mol. The minimum Gasteiger partial charge on any atom is -0.291 e. The third-order valence-electron chi connectivity index (χ3n) is 2.33. The van der Waals surface area contributed by atoms with Crippen molar-refractivity contribution in [2.24, 2.45) is 0 Å². The van der Waals surface area contributed by atoms with Gasteiger partial charge in [0.2, 0.25) is 0 Å². The number of amides is 2. The molecule has 0 aromatic heterocycles. The lowest BCUT2D eigenvalue weighted by atomic mass is 9.89. The number of hydrogen-bond acceptors (Lipinski definition) is 2. The SMILES string of the molecule is O=C1NC(=O)C2(Cl)CCCC=C12. The second kappa shape index (κ2) is 2.33. The maximum absolute atomic E-state index is 11.2. The van der Waals surface area contributed by atoms with Crippen molar-refractivity contribution in [2.45, 2.75) is 24.1 Å². The second-order valence-electron chi connectivity index (χ2n) is 3.09. The Morgan fingerprint density at radius 3 is 2.92 bits per heavy atom. The summed E-state index contributed by atoms with van der Waals surface area (Å²) in [5, 5.41) is 2.22. The van der Waals surface area contributed by atoms with Crippen LogP contribution in [0, 0.1) is 0 Å². The zero-order valence-corrected chi connectivity index (χ0v) is 7.15. The van der Waals surface area contributed by atoms with Crippen molar-refractivity contribution in [3.63, 3.8) is 0 Å². The van der Waals surface area contributed by atoms with E-state index in [0.717, 1.165) is 12.8 Å². The minimum atomic E-state index is -1.05. The van der Waals surface area contributed by atoms with Crippen LogP contribution in [-0.2, 0) is 9.59 Å². The number of alkyl halides is 1. The van der Waals surface area contributed by atoms with Crippen LogP contribution in [0.25, 0.3) is 0 Å². The fraction of sp³-hybridized carbons (Fsp3) is 0.500. The molecule has 0 radical (unpaired) electrons. The molecule has 1 saturated heterocycles. The first-order chi connectivity index (χ1) is 5.64. The fourth-order valence-corrected chi connectivity index (χ4v) is 2.01. The molecule has 1 fully saturated rings. The minimum absolute atomic E-state index is 0.324. The molecule has 0 bridgehead atoms. The van der Waals surface area contributed by atoms with Crippen LogP contribution >= 0.6 is 11.6 Å². The Bertz CT molecular complexity index is 297. The average molecular weight is 186 g/mol. The molecule has 12 heavy (non-hydrogen) atoms. The summed E-state index contributed by atoms with van der Waals surface area (Å²) in [6, 6.07) is 0. The zero-order valence-electron chi connectivity index (χ0n) is 6.39. The van der Waals surface area contributed by atoms with Crippen LogP contribution in [0.15, 0.2) is 11.6 Å². The number of allylic oxidation sites excluding steroid dienone is 1. The molecule has 1 atom stereocenters. The molecule has 1 aliphatic carbocycles. The molecule has 3 nitrogen and oxygen atoms in total. The van der Waals surface area contributed by atoms with Gasteiger partial charge in [-0.3, -0.25) is 14.9 Å². The molecule has 64 valence electrons. The normalized spacial score (nSPS) is 34.2. The van der Waals surface area contributed by atoms with Gasteiger partial charge in [0.25, 0.3) is 11.8 Å². The van der Waals surface area contributed by atoms with Crippen molar-refractivity contribution in [1.29, 1.82) is 0 Å². The number of carbonyl (C=O) groups is 2. The number of hydrogen-bond donors (Lipinski definition) is 1. The highest BCUT2D eigenvalue weighted by molar-refractivity contribution is 6.44. The van der Waals surface area contributed by atoms with Crippen molar-refractivity contribution in [1.82, 2.24) is 5.32 Å². The van der Waals surface area contributed by atoms with Gasteiger partial charge in [0.15, 0.2) is 4.87 Å². The Morgan fingerprint density at radius 1 is 1.50 bits per heavy atom. The summed E-state index contributed by atoms with van der Waals surface area (Å²) in [4.78, 5) is 21.3. The summed E-state index contributed by atoms with van der Waals surface area (Å²) in [5.41, 5.74) is 0.445. The van der Waals surface area contributed by atoms with Crippen molar-refractivity contribution in [3.8, 4) is 0 Å². The van der Waals surface area contributed by atoms with Gasteiger partial charge < -0.3 is 0 Å². The highest BCUT2D eigenvalue weighted by Crippen LogP contribution is 2.38. The Hall–Kier alpha value is -0.830. The molecule has 2 aliphatic rings. The maximum Gasteiger partial charge on any atom is 0.255 e. The van der Waals surface area contributed by atoms with Crippen LogP contribution in [0.4, 0.5) is 0 Å². The summed E-state index contributed by atoms with van der Waals surface area (Å²) in [6.45, 7) is 0. The first-order valence-electron chi connectivity index (χ1n) is 3.90. The zero-order chi connectivity index (χ0) is 8.77. The molecule has 0 aromatic rings. The van der Waals surface area contributed by atoms with Crippen molar-refractivity contribution < 1.29 is 9.59 Å². The Morgan fingerprint density at radius 2 is 2.25 bits per heavy atom. The van der Waals surface area contributed by atoms with E-state index in [9.17, 15) is 9.59 Å². The van der Waals surface area contributed by atoms with Crippen LogP contribution in [0.5, 0.6) is 0 Å². The van der Waals surface area contributed by atoms with Gasteiger partial charge in [-0.2, -0.15) is 0 Å². The lowest BCUT2D eigenvalue weighted by Crippen LogP contribution is -2.34. The summed E-state index contributed by atoms with van der Waals surface area (Å²) >= 11 is 6.02. The molecular weight excluding hydrogens is 178 g/mol. The van der Waals surface area contributed by atoms with E-state index in [2.05, 4.69) is 5.32 Å². The number of rotatable bonds is 0. The van der Waals surface area contributed by atoms with Crippen LogP contribution in [-0.4, -0.2) is 16.7 Å². The number of carbonyl (C=O) groups excluding carboxylic acids is 2. The molecule has 4 heteroatoms. The van der Waals surface area contributed by atoms with Gasteiger partial charge in [0, 0.05) is 5.57 Å². The number of imide groups is 1. The van der Waals surface area contributed by atoms with E-state index in [1.807, 2.05) is 0 Å². The summed E-state index contributed by atoms with van der Waals surface area (Å²) in [7, 11) is 0. The van der Waals surface area contributed by atoms with Gasteiger partial charge in [-0.05, 0) is 19.3 Å². The Kier molecular flexibility index (Phi) is 1.51. The molecule has 0 spiro atoms. The van der Waals surface area contributed by atoms with E-state index in [4.69, 9.17) is 11.6 Å². The van der Waals surface area contributed by atoms with Crippen molar-refractivity contribution in [2.75, 3.05) is 0 Å². The van der Waals surface area contributed by atoms with Gasteiger partial charge in [-0.25, -0.2) is 0 Å². The van der Waals surface area contributed by atoms with Gasteiger partial charge in [-0.1, -0.05) is 6.08 Å². The summed E-state index contributed by atoms with van der Waals surface area (Å²) < 4.78 is 0. The number of nitrogens with one attached hydrogen (secondary N) is 1. The van der Waals surface area contributed by atoms with E-state index in [-0.39, 0.29) is 11.8 Å². The lowest BCUT2D eigenvalue weighted by molar-refractivity contribution is -0.125. The fourth-order valence-electron chi connectivity index (χ4n) is 1.67. The predicted molar refractivity (Wildman–Crippen MR) is 43.7 cm³/mol. The Labute approximate surface area is 74.8 Å². The number of halogens is 1. The second-order valence-corrected chi connectivity index (χ2v) is 3.74. The standard InChI is InChI=1S/C8H8ClNO2/c9-8-4-2-1-3-5(8)6(11)10-7(8)12/h3H,1-2,4H2,(H,10,11,12). The molecule has 2 rings (SSSR count). The predicted octanol–water partition coefficient (Wildman–Crippen LogP) is 0.731. The van der Waals surface area contributed by atoms with Gasteiger partial charge in [-0.15, -0.1) is 11.6 Å². The van der Waals surface area contributed by atoms with Gasteiger partial charge in [0.05, 0.1) is 0 Å². The largest absolute Gasteiger partial charge is 0.291 e. The maximum atomic E-state index is 11.2. The van der Waals surface area contributed by atoms with E-state index in [0.29, 0.717) is 12.0 Å². The molecule has 1 aliphatic heterocycles. The van der Waals surface area contributed by atoms with Crippen molar-refractivity contribution >= 4 is 23.4 Å². The highest BCUT2D eigenvalue weighted by atomic mass is 35.5. The molecule has 1 unspecified atom stereocenters. The molecule has 1 heterocycles. The average Bonchev–Trinajstić information content (AvgIpc) is 2.25. The first kappa shape index (κ1) is 7.80. The van der Waals surface area contributed by atoms with E-state index >= 15 is 0 Å². The third-order valence-corrected chi connectivity index (χ3v) is 2.90. The van der Waals surface area contributed by atoms with Crippen molar-refractivity contribution in [3.05, 3.63) is 11.6 Å². The molecule has 1 N–H and O–H groups in total. The molecule has 2 amide bonds. The lowest BCUT2D eigenvalue weighted by Gasteiger charge is -2.21. The highest BCUT2D eigenvalue weighted by Gasteiger charge is 2.50. The van der Waals surface area contributed by atoms with Gasteiger partial charge >= 0.3 is 0 Å². The molecule has 0 aromatic carbocycles. The Balaban J connectivity index is 2.49.